The van der Waals surface area contributed by atoms with Crippen LogP contribution in [0.3, 0.4) is 0 Å². The first-order valence-electron chi connectivity index (χ1n) is 10.1. The Hall–Kier alpha value is -3.58. The van der Waals surface area contributed by atoms with Crippen molar-refractivity contribution in [1.82, 2.24) is 5.32 Å². The topological polar surface area (TPSA) is 88.8 Å². The number of hydrogen-bond donors (Lipinski definition) is 2. The Morgan fingerprint density at radius 2 is 1.56 bits per heavy atom. The number of carboxylic acids is 1. The number of rotatable bonds is 5. The van der Waals surface area contributed by atoms with Crippen LogP contribution in [0.1, 0.15) is 28.8 Å². The van der Waals surface area contributed by atoms with E-state index in [9.17, 15) is 14.7 Å². The molecule has 7 heteroatoms. The molecule has 6 nitrogen and oxygen atoms in total. The van der Waals surface area contributed by atoms with E-state index in [1.54, 1.807) is 18.2 Å². The van der Waals surface area contributed by atoms with Crippen LogP contribution in [0.2, 0.25) is 0 Å². The summed E-state index contributed by atoms with van der Waals surface area (Å²) >= 11 is 3.39. The Morgan fingerprint density at radius 1 is 0.969 bits per heavy atom. The maximum atomic E-state index is 12.6. The Labute approximate surface area is 191 Å². The van der Waals surface area contributed by atoms with Crippen molar-refractivity contribution in [3.63, 3.8) is 0 Å². The fourth-order valence-electron chi connectivity index (χ4n) is 4.22. The summed E-state index contributed by atoms with van der Waals surface area (Å²) in [6, 6.07) is 21.8. The second-order valence-corrected chi connectivity index (χ2v) is 8.31. The lowest BCUT2D eigenvalue weighted by Gasteiger charge is -2.16. The summed E-state index contributed by atoms with van der Waals surface area (Å²) in [5.41, 5.74) is 4.92. The molecule has 0 saturated heterocycles. The molecule has 1 aliphatic carbocycles. The highest BCUT2D eigenvalue weighted by atomic mass is 79.9. The van der Waals surface area contributed by atoms with E-state index in [0.29, 0.717) is 10.1 Å². The molecular weight excluding hydrogens is 474 g/mol. The number of para-hydroxylation sites is 1. The van der Waals surface area contributed by atoms with Crippen LogP contribution in [0.5, 0.6) is 0 Å². The summed E-state index contributed by atoms with van der Waals surface area (Å²) in [7, 11) is 0. The predicted octanol–water partition coefficient (Wildman–Crippen LogP) is 5.86. The number of ether oxygens (including phenoxy) is 1. The number of alkyl carbamates (subject to hydrolysis) is 1. The molecule has 1 atom stereocenters. The molecule has 1 amide bonds. The first-order chi connectivity index (χ1) is 15.5. The van der Waals surface area contributed by atoms with E-state index in [1.165, 1.54) is 0 Å². The van der Waals surface area contributed by atoms with Crippen LogP contribution in [0, 0.1) is 0 Å². The standard InChI is InChI=1S/C25H18BrNO5/c26-21-18-11-5-6-12-20(18)32-23(21)22(24(28)29)27-25(30)31-13-19-16-9-3-1-7-14(16)15-8-2-4-10-17(15)19/h1-12,19,22H,13H2,(H,27,30)(H,28,29). The fourth-order valence-corrected chi connectivity index (χ4v) is 4.85. The number of fused-ring (bicyclic) bond motifs is 4. The summed E-state index contributed by atoms with van der Waals surface area (Å²) in [4.78, 5) is 24.5. The van der Waals surface area contributed by atoms with Gasteiger partial charge in [-0.1, -0.05) is 60.7 Å². The third-order valence-corrected chi connectivity index (χ3v) is 6.49. The summed E-state index contributed by atoms with van der Waals surface area (Å²) in [6.07, 6.45) is -0.827. The number of hydrogen-bond acceptors (Lipinski definition) is 4. The number of aliphatic carboxylic acids is 1. The molecule has 0 spiro atoms. The summed E-state index contributed by atoms with van der Waals surface area (Å²) < 4.78 is 11.7. The Kier molecular flexibility index (Phi) is 5.19. The summed E-state index contributed by atoms with van der Waals surface area (Å²) in [5, 5.41) is 12.9. The van der Waals surface area contributed by atoms with Gasteiger partial charge >= 0.3 is 12.1 Å². The Morgan fingerprint density at radius 3 is 2.19 bits per heavy atom. The molecule has 4 aromatic rings. The molecule has 0 bridgehead atoms. The molecule has 1 unspecified atom stereocenters. The van der Waals surface area contributed by atoms with Crippen molar-refractivity contribution < 1.29 is 23.8 Å². The predicted molar refractivity (Wildman–Crippen MR) is 122 cm³/mol. The Bertz CT molecular complexity index is 1300. The van der Waals surface area contributed by atoms with Gasteiger partial charge in [-0.2, -0.15) is 0 Å². The molecule has 3 aromatic carbocycles. The van der Waals surface area contributed by atoms with E-state index < -0.39 is 18.1 Å². The summed E-state index contributed by atoms with van der Waals surface area (Å²) in [5.74, 6) is -1.26. The molecule has 0 radical (unpaired) electrons. The van der Waals surface area contributed by atoms with E-state index in [0.717, 1.165) is 27.6 Å². The van der Waals surface area contributed by atoms with Crippen LogP contribution < -0.4 is 5.32 Å². The zero-order valence-corrected chi connectivity index (χ0v) is 18.3. The number of furan rings is 1. The van der Waals surface area contributed by atoms with Gasteiger partial charge < -0.3 is 19.6 Å². The van der Waals surface area contributed by atoms with Gasteiger partial charge in [-0.25, -0.2) is 9.59 Å². The summed E-state index contributed by atoms with van der Waals surface area (Å²) in [6.45, 7) is 0.0908. The molecule has 0 aliphatic heterocycles. The molecule has 0 fully saturated rings. The number of halogens is 1. The number of nitrogens with one attached hydrogen (secondary N) is 1. The van der Waals surface area contributed by atoms with E-state index in [-0.39, 0.29) is 18.3 Å². The van der Waals surface area contributed by atoms with E-state index in [4.69, 9.17) is 9.15 Å². The lowest BCUT2D eigenvalue weighted by atomic mass is 9.98. The molecule has 5 rings (SSSR count). The third-order valence-electron chi connectivity index (χ3n) is 5.67. The SMILES string of the molecule is O=C(NC(C(=O)O)c1oc2ccccc2c1Br)OCC1c2ccccc2-c2ccccc21. The minimum atomic E-state index is -1.40. The van der Waals surface area contributed by atoms with Gasteiger partial charge in [0, 0.05) is 11.3 Å². The second-order valence-electron chi connectivity index (χ2n) is 7.52. The first kappa shape index (κ1) is 20.3. The fraction of sp³-hybridized carbons (Fsp3) is 0.120. The van der Waals surface area contributed by atoms with Crippen molar-refractivity contribution in [2.24, 2.45) is 0 Å². The van der Waals surface area contributed by atoms with E-state index in [1.807, 2.05) is 54.6 Å². The lowest BCUT2D eigenvalue weighted by molar-refractivity contribution is -0.140. The minimum absolute atomic E-state index is 0.0908. The second kappa shape index (κ2) is 8.16. The molecule has 32 heavy (non-hydrogen) atoms. The van der Waals surface area contributed by atoms with Crippen LogP contribution in [-0.4, -0.2) is 23.8 Å². The average molecular weight is 492 g/mol. The van der Waals surface area contributed by atoms with E-state index >= 15 is 0 Å². The lowest BCUT2D eigenvalue weighted by Crippen LogP contribution is -2.34. The monoisotopic (exact) mass is 491 g/mol. The van der Waals surface area contributed by atoms with Gasteiger partial charge in [-0.3, -0.25) is 0 Å². The molecule has 1 aromatic heterocycles. The highest BCUT2D eigenvalue weighted by Gasteiger charge is 2.32. The smallest absolute Gasteiger partial charge is 0.408 e. The van der Waals surface area contributed by atoms with E-state index in [2.05, 4.69) is 21.2 Å². The minimum Gasteiger partial charge on any atom is -0.479 e. The van der Waals surface area contributed by atoms with Crippen molar-refractivity contribution in [2.45, 2.75) is 12.0 Å². The Balaban J connectivity index is 1.35. The highest BCUT2D eigenvalue weighted by Crippen LogP contribution is 2.44. The van der Waals surface area contributed by atoms with Gasteiger partial charge in [0.05, 0.1) is 4.47 Å². The van der Waals surface area contributed by atoms with Crippen molar-refractivity contribution in [2.75, 3.05) is 6.61 Å². The largest absolute Gasteiger partial charge is 0.479 e. The molecule has 1 heterocycles. The van der Waals surface area contributed by atoms with Crippen LogP contribution >= 0.6 is 15.9 Å². The zero-order valence-electron chi connectivity index (χ0n) is 16.7. The molecular formula is C25H18BrNO5. The van der Waals surface area contributed by atoms with Gasteiger partial charge in [-0.15, -0.1) is 0 Å². The molecule has 2 N–H and O–H groups in total. The first-order valence-corrected chi connectivity index (χ1v) is 10.8. The number of benzene rings is 3. The van der Waals surface area contributed by atoms with Crippen LogP contribution in [0.4, 0.5) is 4.79 Å². The van der Waals surface area contributed by atoms with Crippen molar-refractivity contribution in [3.8, 4) is 11.1 Å². The van der Waals surface area contributed by atoms with Gasteiger partial charge in [-0.05, 0) is 50.3 Å². The van der Waals surface area contributed by atoms with Gasteiger partial charge in [0.25, 0.3) is 0 Å². The van der Waals surface area contributed by atoms with Crippen molar-refractivity contribution >= 4 is 39.0 Å². The maximum Gasteiger partial charge on any atom is 0.408 e. The van der Waals surface area contributed by atoms with Crippen LogP contribution in [0.25, 0.3) is 22.1 Å². The quantitative estimate of drug-likeness (QED) is 0.365. The number of amides is 1. The maximum absolute atomic E-state index is 12.6. The number of carbonyl (C=O) groups is 2. The third kappa shape index (κ3) is 3.44. The molecule has 1 aliphatic rings. The van der Waals surface area contributed by atoms with Crippen LogP contribution in [0.15, 0.2) is 81.7 Å². The average Bonchev–Trinajstić information content (AvgIpc) is 3.31. The van der Waals surface area contributed by atoms with Crippen LogP contribution in [-0.2, 0) is 9.53 Å². The van der Waals surface area contributed by atoms with Gasteiger partial charge in [0.15, 0.2) is 11.8 Å². The van der Waals surface area contributed by atoms with Crippen molar-refractivity contribution in [3.05, 3.63) is 94.2 Å². The van der Waals surface area contributed by atoms with Gasteiger partial charge in [0.1, 0.15) is 12.2 Å². The van der Waals surface area contributed by atoms with Gasteiger partial charge in [0.2, 0.25) is 0 Å². The number of carboxylic acid groups (broad SMARTS) is 1. The highest BCUT2D eigenvalue weighted by molar-refractivity contribution is 9.10. The van der Waals surface area contributed by atoms with Crippen molar-refractivity contribution in [1.29, 1.82) is 0 Å². The number of carbonyl (C=O) groups excluding carboxylic acids is 1. The zero-order chi connectivity index (χ0) is 22.2. The molecule has 0 saturated carbocycles. The normalized spacial score (nSPS) is 13.4. The molecule has 160 valence electrons.